The number of nitrogen functional groups attached to an aromatic ring is 1. The molecule has 1 amide bonds. The highest BCUT2D eigenvalue weighted by Gasteiger charge is 2.34. The number of amides is 1. The first-order valence-electron chi connectivity index (χ1n) is 6.27. The minimum Gasteiger partial charge on any atom is -0.396 e. The molecule has 0 saturated carbocycles. The summed E-state index contributed by atoms with van der Waals surface area (Å²) in [5.41, 5.74) is 7.04. The first-order chi connectivity index (χ1) is 8.68. The summed E-state index contributed by atoms with van der Waals surface area (Å²) in [6, 6.07) is 3.01. The summed E-state index contributed by atoms with van der Waals surface area (Å²) < 4.78 is 13.4. The van der Waals surface area contributed by atoms with Crippen LogP contribution < -0.4 is 11.1 Å². The number of carbonyl (C=O) groups excluding carboxylic acids is 1. The second kappa shape index (κ2) is 4.24. The molecule has 1 saturated heterocycles. The van der Waals surface area contributed by atoms with Gasteiger partial charge in [0.15, 0.2) is 0 Å². The predicted octanol–water partition coefficient (Wildman–Crippen LogP) is 1.12. The Labute approximate surface area is 105 Å². The second-order valence-electron chi connectivity index (χ2n) is 4.92. The molecule has 0 aromatic heterocycles. The highest BCUT2D eigenvalue weighted by Crippen LogP contribution is 2.31. The van der Waals surface area contributed by atoms with Crippen molar-refractivity contribution in [3.05, 3.63) is 29.1 Å². The van der Waals surface area contributed by atoms with Gasteiger partial charge in [-0.3, -0.25) is 4.79 Å². The van der Waals surface area contributed by atoms with Crippen molar-refractivity contribution in [1.29, 1.82) is 0 Å². The van der Waals surface area contributed by atoms with E-state index in [1.54, 1.807) is 6.07 Å². The Kier molecular flexibility index (Phi) is 2.70. The van der Waals surface area contributed by atoms with Crippen LogP contribution in [0, 0.1) is 5.82 Å². The number of carbonyl (C=O) groups is 1. The van der Waals surface area contributed by atoms with Crippen molar-refractivity contribution in [3.8, 4) is 0 Å². The minimum atomic E-state index is -0.440. The first kappa shape index (κ1) is 11.5. The van der Waals surface area contributed by atoms with Gasteiger partial charge in [-0.25, -0.2) is 4.39 Å². The third kappa shape index (κ3) is 1.66. The van der Waals surface area contributed by atoms with Crippen molar-refractivity contribution in [2.45, 2.75) is 25.4 Å². The monoisotopic (exact) mass is 249 g/mol. The number of piperidine rings is 1. The maximum Gasteiger partial charge on any atom is 0.254 e. The second-order valence-corrected chi connectivity index (χ2v) is 4.92. The Hall–Kier alpha value is -1.62. The molecule has 1 aromatic rings. The topological polar surface area (TPSA) is 58.4 Å². The molecule has 0 aliphatic carbocycles. The smallest absolute Gasteiger partial charge is 0.254 e. The van der Waals surface area contributed by atoms with Gasteiger partial charge in [0.25, 0.3) is 5.91 Å². The number of nitrogens with zero attached hydrogens (tertiary/aromatic N) is 1. The maximum absolute atomic E-state index is 13.4. The van der Waals surface area contributed by atoms with Crippen molar-refractivity contribution in [2.24, 2.45) is 0 Å². The molecule has 2 aliphatic rings. The lowest BCUT2D eigenvalue weighted by molar-refractivity contribution is 0.0675. The van der Waals surface area contributed by atoms with Gasteiger partial charge < -0.3 is 16.0 Å². The summed E-state index contributed by atoms with van der Waals surface area (Å²) in [4.78, 5) is 14.1. The van der Waals surface area contributed by atoms with E-state index in [9.17, 15) is 9.18 Å². The van der Waals surface area contributed by atoms with E-state index in [2.05, 4.69) is 5.32 Å². The molecule has 18 heavy (non-hydrogen) atoms. The predicted molar refractivity (Wildman–Crippen MR) is 66.6 cm³/mol. The molecule has 96 valence electrons. The van der Waals surface area contributed by atoms with E-state index in [0.29, 0.717) is 17.7 Å². The Morgan fingerprint density at radius 2 is 2.28 bits per heavy atom. The zero-order chi connectivity index (χ0) is 12.7. The minimum absolute atomic E-state index is 0.0228. The summed E-state index contributed by atoms with van der Waals surface area (Å²) in [7, 11) is 0. The summed E-state index contributed by atoms with van der Waals surface area (Å²) in [6.07, 6.45) is 2.06. The number of hydrogen-bond donors (Lipinski definition) is 2. The highest BCUT2D eigenvalue weighted by atomic mass is 19.1. The number of fused-ring (bicyclic) bond motifs is 1. The van der Waals surface area contributed by atoms with Gasteiger partial charge in [-0.15, -0.1) is 0 Å². The standard InChI is InChI=1S/C13H16FN3O/c14-11-4-3-9-10(12(11)15)7-17(13(9)18)8-2-1-5-16-6-8/h3-4,8,16H,1-2,5-7,15H2. The fourth-order valence-electron chi connectivity index (χ4n) is 2.80. The van der Waals surface area contributed by atoms with Crippen molar-refractivity contribution < 1.29 is 9.18 Å². The molecule has 2 aliphatic heterocycles. The number of halogens is 1. The molecule has 0 radical (unpaired) electrons. The first-order valence-corrected chi connectivity index (χ1v) is 6.27. The van der Waals surface area contributed by atoms with Crippen molar-refractivity contribution in [3.63, 3.8) is 0 Å². The van der Waals surface area contributed by atoms with Crippen LogP contribution in [0.4, 0.5) is 10.1 Å². The number of benzene rings is 1. The molecule has 4 nitrogen and oxygen atoms in total. The van der Waals surface area contributed by atoms with E-state index in [-0.39, 0.29) is 17.6 Å². The quantitative estimate of drug-likeness (QED) is 0.733. The van der Waals surface area contributed by atoms with E-state index in [4.69, 9.17) is 5.73 Å². The van der Waals surface area contributed by atoms with Crippen LogP contribution in [-0.2, 0) is 6.54 Å². The average Bonchev–Trinajstić information content (AvgIpc) is 2.73. The lowest BCUT2D eigenvalue weighted by Gasteiger charge is -2.31. The van der Waals surface area contributed by atoms with Crippen LogP contribution in [0.3, 0.4) is 0 Å². The molecule has 1 atom stereocenters. The summed E-state index contributed by atoms with van der Waals surface area (Å²) in [6.45, 7) is 2.24. The van der Waals surface area contributed by atoms with Gasteiger partial charge in [-0.1, -0.05) is 0 Å². The largest absolute Gasteiger partial charge is 0.396 e. The fraction of sp³-hybridized carbons (Fsp3) is 0.462. The lowest BCUT2D eigenvalue weighted by Crippen LogP contribution is -2.46. The summed E-state index contributed by atoms with van der Waals surface area (Å²) in [5.74, 6) is -0.462. The zero-order valence-corrected chi connectivity index (χ0v) is 10.1. The van der Waals surface area contributed by atoms with Crippen LogP contribution in [0.25, 0.3) is 0 Å². The van der Waals surface area contributed by atoms with E-state index in [1.165, 1.54) is 6.07 Å². The maximum atomic E-state index is 13.4. The van der Waals surface area contributed by atoms with Crippen LogP contribution in [-0.4, -0.2) is 29.9 Å². The van der Waals surface area contributed by atoms with Gasteiger partial charge in [-0.05, 0) is 31.5 Å². The van der Waals surface area contributed by atoms with Crippen molar-refractivity contribution >= 4 is 11.6 Å². The summed E-state index contributed by atoms with van der Waals surface area (Å²) in [5, 5.41) is 3.29. The molecule has 2 heterocycles. The molecule has 0 spiro atoms. The Bertz CT molecular complexity index is 497. The Morgan fingerprint density at radius 1 is 1.44 bits per heavy atom. The SMILES string of the molecule is Nc1c(F)ccc2c1CN(C1CCCNC1)C2=O. The molecule has 5 heteroatoms. The molecule has 1 unspecified atom stereocenters. The zero-order valence-electron chi connectivity index (χ0n) is 10.1. The van der Waals surface area contributed by atoms with Gasteiger partial charge >= 0.3 is 0 Å². The van der Waals surface area contributed by atoms with Crippen LogP contribution in [0.1, 0.15) is 28.8 Å². The molecule has 3 N–H and O–H groups in total. The van der Waals surface area contributed by atoms with E-state index in [1.807, 2.05) is 4.90 Å². The average molecular weight is 249 g/mol. The Morgan fingerprint density at radius 3 is 3.00 bits per heavy atom. The van der Waals surface area contributed by atoms with Crippen LogP contribution in [0.15, 0.2) is 12.1 Å². The molecule has 0 bridgehead atoms. The number of anilines is 1. The van der Waals surface area contributed by atoms with Gasteiger partial charge in [-0.2, -0.15) is 0 Å². The molecule has 1 aromatic carbocycles. The highest BCUT2D eigenvalue weighted by molar-refractivity contribution is 6.00. The number of hydrogen-bond acceptors (Lipinski definition) is 3. The third-order valence-corrected chi connectivity index (χ3v) is 3.84. The Balaban J connectivity index is 1.91. The van der Waals surface area contributed by atoms with E-state index in [0.717, 1.165) is 25.9 Å². The number of nitrogens with two attached hydrogens (primary N) is 1. The van der Waals surface area contributed by atoms with Crippen LogP contribution in [0.5, 0.6) is 0 Å². The third-order valence-electron chi connectivity index (χ3n) is 3.84. The van der Waals surface area contributed by atoms with E-state index >= 15 is 0 Å². The van der Waals surface area contributed by atoms with Crippen molar-refractivity contribution in [1.82, 2.24) is 10.2 Å². The van der Waals surface area contributed by atoms with Crippen molar-refractivity contribution in [2.75, 3.05) is 18.8 Å². The van der Waals surface area contributed by atoms with E-state index < -0.39 is 5.82 Å². The van der Waals surface area contributed by atoms with Crippen LogP contribution in [0.2, 0.25) is 0 Å². The molecular weight excluding hydrogens is 233 g/mol. The summed E-state index contributed by atoms with van der Waals surface area (Å²) >= 11 is 0. The van der Waals surface area contributed by atoms with Gasteiger partial charge in [0.05, 0.1) is 5.69 Å². The lowest BCUT2D eigenvalue weighted by atomic mass is 10.1. The van der Waals surface area contributed by atoms with Gasteiger partial charge in [0, 0.05) is 30.3 Å². The molecule has 1 fully saturated rings. The van der Waals surface area contributed by atoms with Gasteiger partial charge in [0.1, 0.15) is 5.82 Å². The van der Waals surface area contributed by atoms with Crippen LogP contribution >= 0.6 is 0 Å². The molecule has 3 rings (SSSR count). The normalized spacial score (nSPS) is 23.3. The fourth-order valence-corrected chi connectivity index (χ4v) is 2.80. The number of rotatable bonds is 1. The molecular formula is C13H16FN3O. The van der Waals surface area contributed by atoms with Gasteiger partial charge in [0.2, 0.25) is 0 Å². The number of nitrogens with one attached hydrogen (secondary N) is 1.